The number of fused-ring (bicyclic) bond motifs is 1. The Kier molecular flexibility index (Phi) is 4.08. The molecule has 0 saturated heterocycles. The Morgan fingerprint density at radius 2 is 1.90 bits per heavy atom. The quantitative estimate of drug-likeness (QED) is 0.808. The predicted molar refractivity (Wildman–Crippen MR) is 86.5 cm³/mol. The maximum absolute atomic E-state index is 12.6. The van der Waals surface area contributed by atoms with E-state index in [1.807, 2.05) is 31.3 Å². The number of likely N-dealkylation sites (N-methyl/N-ethyl adjacent to an activating group) is 1. The second-order valence-corrected chi connectivity index (χ2v) is 7.89. The van der Waals surface area contributed by atoms with Gasteiger partial charge in [-0.05, 0) is 37.9 Å². The number of benzene rings is 1. The number of anilines is 2. The van der Waals surface area contributed by atoms with Gasteiger partial charge in [0.15, 0.2) is 0 Å². The van der Waals surface area contributed by atoms with E-state index in [9.17, 15) is 8.42 Å². The first kappa shape index (κ1) is 14.7. The number of hydrogen-bond acceptors (Lipinski definition) is 4. The van der Waals surface area contributed by atoms with Gasteiger partial charge in [-0.1, -0.05) is 12.1 Å². The summed E-state index contributed by atoms with van der Waals surface area (Å²) in [6.07, 6.45) is 3.14. The van der Waals surface area contributed by atoms with E-state index < -0.39 is 10.0 Å². The topological polar surface area (TPSA) is 52.7 Å². The number of rotatable bonds is 6. The van der Waals surface area contributed by atoms with Gasteiger partial charge >= 0.3 is 0 Å². The molecule has 21 heavy (non-hydrogen) atoms. The van der Waals surface area contributed by atoms with Crippen molar-refractivity contribution in [1.82, 2.24) is 5.32 Å². The molecule has 0 atom stereocenters. The summed E-state index contributed by atoms with van der Waals surface area (Å²) >= 11 is 0. The third kappa shape index (κ3) is 3.32. The Bertz CT molecular complexity index is 599. The van der Waals surface area contributed by atoms with E-state index >= 15 is 0 Å². The lowest BCUT2D eigenvalue weighted by atomic mass is 10.2. The molecule has 0 bridgehead atoms. The van der Waals surface area contributed by atoms with Crippen LogP contribution >= 0.6 is 0 Å². The van der Waals surface area contributed by atoms with Crippen LogP contribution in [0.3, 0.4) is 0 Å². The summed E-state index contributed by atoms with van der Waals surface area (Å²) < 4.78 is 26.8. The average molecular weight is 309 g/mol. The van der Waals surface area contributed by atoms with Crippen molar-refractivity contribution in [3.63, 3.8) is 0 Å². The highest BCUT2D eigenvalue weighted by atomic mass is 32.2. The highest BCUT2D eigenvalue weighted by Crippen LogP contribution is 2.33. The van der Waals surface area contributed by atoms with Gasteiger partial charge in [0.2, 0.25) is 10.0 Å². The lowest BCUT2D eigenvalue weighted by molar-refractivity contribution is 0.582. The highest BCUT2D eigenvalue weighted by Gasteiger charge is 2.29. The molecule has 1 fully saturated rings. The van der Waals surface area contributed by atoms with E-state index in [0.717, 1.165) is 24.5 Å². The van der Waals surface area contributed by atoms with Crippen molar-refractivity contribution in [3.05, 3.63) is 24.3 Å². The summed E-state index contributed by atoms with van der Waals surface area (Å²) in [4.78, 5) is 2.11. The lowest BCUT2D eigenvalue weighted by Gasteiger charge is -2.36. The predicted octanol–water partition coefficient (Wildman–Crippen LogP) is 1.41. The zero-order chi connectivity index (χ0) is 14.9. The van der Waals surface area contributed by atoms with Crippen molar-refractivity contribution in [1.29, 1.82) is 0 Å². The van der Waals surface area contributed by atoms with Gasteiger partial charge in [0, 0.05) is 19.6 Å². The molecule has 0 amide bonds. The standard InChI is InChI=1S/C15H23N3O2S/c1-17-10-11-18(15-6-3-2-5-14(15)17)21(19,20)12-4-9-16-13-7-8-13/h2-3,5-6,13,16H,4,7-12H2,1H3. The molecule has 1 saturated carbocycles. The maximum Gasteiger partial charge on any atom is 0.235 e. The van der Waals surface area contributed by atoms with Gasteiger partial charge in [-0.2, -0.15) is 0 Å². The molecule has 2 aliphatic rings. The van der Waals surface area contributed by atoms with Crippen molar-refractivity contribution in [2.24, 2.45) is 0 Å². The summed E-state index contributed by atoms with van der Waals surface area (Å²) in [6.45, 7) is 2.06. The maximum atomic E-state index is 12.6. The molecule has 1 aromatic rings. The molecule has 5 nitrogen and oxygen atoms in total. The van der Waals surface area contributed by atoms with Crippen LogP contribution in [-0.4, -0.2) is 46.9 Å². The van der Waals surface area contributed by atoms with Crippen LogP contribution in [0.4, 0.5) is 11.4 Å². The number of hydrogen-bond donors (Lipinski definition) is 1. The minimum absolute atomic E-state index is 0.213. The van der Waals surface area contributed by atoms with E-state index in [4.69, 9.17) is 0 Å². The average Bonchev–Trinajstić information content (AvgIpc) is 3.28. The first-order chi connectivity index (χ1) is 10.1. The van der Waals surface area contributed by atoms with E-state index in [-0.39, 0.29) is 5.75 Å². The van der Waals surface area contributed by atoms with Crippen LogP contribution < -0.4 is 14.5 Å². The van der Waals surface area contributed by atoms with Crippen molar-refractivity contribution in [3.8, 4) is 0 Å². The zero-order valence-electron chi connectivity index (χ0n) is 12.5. The molecule has 1 aliphatic carbocycles. The Morgan fingerprint density at radius 1 is 1.19 bits per heavy atom. The first-order valence-electron chi connectivity index (χ1n) is 7.62. The van der Waals surface area contributed by atoms with Crippen LogP contribution in [0.2, 0.25) is 0 Å². The molecule has 1 aromatic carbocycles. The minimum atomic E-state index is -3.23. The van der Waals surface area contributed by atoms with Crippen LogP contribution in [0.5, 0.6) is 0 Å². The molecule has 0 unspecified atom stereocenters. The summed E-state index contributed by atoms with van der Waals surface area (Å²) in [6, 6.07) is 8.36. The highest BCUT2D eigenvalue weighted by molar-refractivity contribution is 7.92. The second-order valence-electron chi connectivity index (χ2n) is 5.88. The van der Waals surface area contributed by atoms with Gasteiger partial charge in [0.25, 0.3) is 0 Å². The fourth-order valence-electron chi connectivity index (χ4n) is 2.73. The molecular formula is C15H23N3O2S. The van der Waals surface area contributed by atoms with Crippen LogP contribution in [0.15, 0.2) is 24.3 Å². The number of nitrogens with one attached hydrogen (secondary N) is 1. The third-order valence-corrected chi connectivity index (χ3v) is 5.98. The van der Waals surface area contributed by atoms with Crippen LogP contribution in [-0.2, 0) is 10.0 Å². The molecule has 0 aromatic heterocycles. The van der Waals surface area contributed by atoms with Gasteiger partial charge < -0.3 is 10.2 Å². The van der Waals surface area contributed by atoms with E-state index in [1.54, 1.807) is 4.31 Å². The first-order valence-corrected chi connectivity index (χ1v) is 9.23. The molecule has 0 radical (unpaired) electrons. The van der Waals surface area contributed by atoms with E-state index in [2.05, 4.69) is 10.2 Å². The summed E-state index contributed by atoms with van der Waals surface area (Å²) in [5.41, 5.74) is 1.80. The minimum Gasteiger partial charge on any atom is -0.371 e. The molecule has 1 heterocycles. The molecule has 116 valence electrons. The van der Waals surface area contributed by atoms with Crippen molar-refractivity contribution >= 4 is 21.4 Å². The Labute approximate surface area is 127 Å². The summed E-state index contributed by atoms with van der Waals surface area (Å²) in [7, 11) is -1.23. The number of sulfonamides is 1. The number of para-hydroxylation sites is 2. The second kappa shape index (κ2) is 5.85. The summed E-state index contributed by atoms with van der Waals surface area (Å²) in [5, 5.41) is 3.37. The zero-order valence-corrected chi connectivity index (χ0v) is 13.3. The van der Waals surface area contributed by atoms with E-state index in [1.165, 1.54) is 12.8 Å². The van der Waals surface area contributed by atoms with E-state index in [0.29, 0.717) is 19.0 Å². The monoisotopic (exact) mass is 309 g/mol. The molecule has 3 rings (SSSR count). The Morgan fingerprint density at radius 3 is 2.62 bits per heavy atom. The third-order valence-electron chi connectivity index (χ3n) is 4.13. The Balaban J connectivity index is 1.68. The van der Waals surface area contributed by atoms with Gasteiger partial charge in [0.1, 0.15) is 0 Å². The smallest absolute Gasteiger partial charge is 0.235 e. The molecule has 1 aliphatic heterocycles. The van der Waals surface area contributed by atoms with Gasteiger partial charge in [-0.3, -0.25) is 4.31 Å². The molecular weight excluding hydrogens is 286 g/mol. The van der Waals surface area contributed by atoms with Crippen molar-refractivity contribution in [2.45, 2.75) is 25.3 Å². The Hall–Kier alpha value is -1.27. The van der Waals surface area contributed by atoms with Crippen molar-refractivity contribution in [2.75, 3.05) is 41.6 Å². The molecule has 0 spiro atoms. The molecule has 6 heteroatoms. The normalized spacial score (nSPS) is 18.7. The van der Waals surface area contributed by atoms with Crippen LogP contribution in [0, 0.1) is 0 Å². The van der Waals surface area contributed by atoms with Gasteiger partial charge in [0.05, 0.1) is 23.7 Å². The SMILES string of the molecule is CN1CCN(S(=O)(=O)CCCNC2CC2)c2ccccc21. The largest absolute Gasteiger partial charge is 0.371 e. The number of nitrogens with zero attached hydrogens (tertiary/aromatic N) is 2. The lowest BCUT2D eigenvalue weighted by Crippen LogP contribution is -2.43. The van der Waals surface area contributed by atoms with Crippen molar-refractivity contribution < 1.29 is 8.42 Å². The van der Waals surface area contributed by atoms with Crippen LogP contribution in [0.1, 0.15) is 19.3 Å². The van der Waals surface area contributed by atoms with Crippen LogP contribution in [0.25, 0.3) is 0 Å². The van der Waals surface area contributed by atoms with Gasteiger partial charge in [-0.25, -0.2) is 8.42 Å². The summed E-state index contributed by atoms with van der Waals surface area (Å²) in [5.74, 6) is 0.213. The van der Waals surface area contributed by atoms with Gasteiger partial charge in [-0.15, -0.1) is 0 Å². The molecule has 1 N–H and O–H groups in total. The fourth-order valence-corrected chi connectivity index (χ4v) is 4.27. The fraction of sp³-hybridized carbons (Fsp3) is 0.600.